The van der Waals surface area contributed by atoms with E-state index in [9.17, 15) is 0 Å². The average molecular weight is 211 g/mol. The van der Waals surface area contributed by atoms with Gasteiger partial charge in [0.05, 0.1) is 0 Å². The van der Waals surface area contributed by atoms with E-state index in [1.807, 2.05) is 26.0 Å². The number of phenols is 1. The average Bonchev–Trinajstić information content (AvgIpc) is 1.80. The second-order valence-electron chi connectivity index (χ2n) is 2.29. The van der Waals surface area contributed by atoms with Gasteiger partial charge in [0, 0.05) is 32.7 Å². The molecule has 0 atom stereocenters. The van der Waals surface area contributed by atoms with Gasteiger partial charge in [0.1, 0.15) is 5.75 Å². The van der Waals surface area contributed by atoms with Gasteiger partial charge in [-0.3, -0.25) is 0 Å². The van der Waals surface area contributed by atoms with Crippen molar-refractivity contribution >= 4 is 0 Å². The maximum atomic E-state index is 9.04. The number of hydrogen-bond acceptors (Lipinski definition) is 1. The van der Waals surface area contributed by atoms with E-state index in [2.05, 4.69) is 0 Å². The Morgan fingerprint density at radius 3 is 2.20 bits per heavy atom. The van der Waals surface area contributed by atoms with Crippen molar-refractivity contribution in [3.8, 4) is 5.75 Å². The molecular formula is C8H10OY. The van der Waals surface area contributed by atoms with E-state index in [0.29, 0.717) is 5.75 Å². The van der Waals surface area contributed by atoms with Crippen LogP contribution in [0.3, 0.4) is 0 Å². The summed E-state index contributed by atoms with van der Waals surface area (Å²) in [6.07, 6.45) is 0. The summed E-state index contributed by atoms with van der Waals surface area (Å²) in [5.74, 6) is 0.376. The Morgan fingerprint density at radius 1 is 1.20 bits per heavy atom. The molecule has 2 heteroatoms. The van der Waals surface area contributed by atoms with Crippen LogP contribution < -0.4 is 0 Å². The van der Waals surface area contributed by atoms with Crippen LogP contribution >= 0.6 is 0 Å². The zero-order chi connectivity index (χ0) is 6.85. The molecule has 0 unspecified atom stereocenters. The van der Waals surface area contributed by atoms with Crippen molar-refractivity contribution < 1.29 is 37.8 Å². The van der Waals surface area contributed by atoms with Crippen molar-refractivity contribution in [1.29, 1.82) is 0 Å². The summed E-state index contributed by atoms with van der Waals surface area (Å²) in [6.45, 7) is 3.90. The predicted molar refractivity (Wildman–Crippen MR) is 37.6 cm³/mol. The molecule has 1 nitrogen and oxygen atoms in total. The van der Waals surface area contributed by atoms with Gasteiger partial charge in [0.2, 0.25) is 0 Å². The molecule has 0 bridgehead atoms. The van der Waals surface area contributed by atoms with Crippen molar-refractivity contribution in [2.45, 2.75) is 13.8 Å². The van der Waals surface area contributed by atoms with Gasteiger partial charge in [-0.2, -0.15) is 0 Å². The van der Waals surface area contributed by atoms with Gasteiger partial charge in [-0.25, -0.2) is 0 Å². The van der Waals surface area contributed by atoms with Crippen LogP contribution in [0.25, 0.3) is 0 Å². The third-order valence-corrected chi connectivity index (χ3v) is 1.35. The van der Waals surface area contributed by atoms with Crippen molar-refractivity contribution in [1.82, 2.24) is 0 Å². The molecule has 10 heavy (non-hydrogen) atoms. The fourth-order valence-corrected chi connectivity index (χ4v) is 0.805. The van der Waals surface area contributed by atoms with Crippen LogP contribution in [0.2, 0.25) is 0 Å². The number of phenolic OH excluding ortho intramolecular Hbond substituents is 1. The Labute approximate surface area is 86.3 Å². The molecule has 1 N–H and O–H groups in total. The monoisotopic (exact) mass is 211 g/mol. The van der Waals surface area contributed by atoms with E-state index in [1.165, 1.54) is 5.56 Å². The van der Waals surface area contributed by atoms with Gasteiger partial charge < -0.3 is 5.11 Å². The van der Waals surface area contributed by atoms with Crippen molar-refractivity contribution in [3.05, 3.63) is 29.3 Å². The molecule has 0 amide bonds. The molecule has 1 radical (unpaired) electrons. The van der Waals surface area contributed by atoms with E-state index in [4.69, 9.17) is 5.11 Å². The van der Waals surface area contributed by atoms with Crippen LogP contribution in [0.15, 0.2) is 18.2 Å². The zero-order valence-corrected chi connectivity index (χ0v) is 9.09. The van der Waals surface area contributed by atoms with Crippen LogP contribution in [0, 0.1) is 13.8 Å². The summed E-state index contributed by atoms with van der Waals surface area (Å²) < 4.78 is 0. The Bertz CT molecular complexity index is 220. The fraction of sp³-hybridized carbons (Fsp3) is 0.250. The summed E-state index contributed by atoms with van der Waals surface area (Å²) in [4.78, 5) is 0. The molecule has 1 rings (SSSR count). The SMILES string of the molecule is Cc1ccc(O)c(C)c1.[Y]. The molecule has 51 valence electrons. The largest absolute Gasteiger partial charge is 0.508 e. The first-order valence-electron chi connectivity index (χ1n) is 2.96. The molecule has 0 spiro atoms. The first kappa shape index (κ1) is 10.1. The maximum absolute atomic E-state index is 9.04. The minimum Gasteiger partial charge on any atom is -0.508 e. The zero-order valence-electron chi connectivity index (χ0n) is 6.26. The van der Waals surface area contributed by atoms with Crippen molar-refractivity contribution in [2.75, 3.05) is 0 Å². The van der Waals surface area contributed by atoms with Crippen molar-refractivity contribution in [3.63, 3.8) is 0 Å². The molecule has 0 aliphatic heterocycles. The van der Waals surface area contributed by atoms with Gasteiger partial charge >= 0.3 is 0 Å². The van der Waals surface area contributed by atoms with Crippen LogP contribution in [0.4, 0.5) is 0 Å². The van der Waals surface area contributed by atoms with Crippen LogP contribution in [0.5, 0.6) is 5.75 Å². The summed E-state index contributed by atoms with van der Waals surface area (Å²) >= 11 is 0. The predicted octanol–water partition coefficient (Wildman–Crippen LogP) is 2.01. The summed E-state index contributed by atoms with van der Waals surface area (Å²) in [6, 6.07) is 5.56. The second-order valence-corrected chi connectivity index (χ2v) is 2.29. The smallest absolute Gasteiger partial charge is 0.118 e. The first-order valence-corrected chi connectivity index (χ1v) is 2.96. The first-order chi connectivity index (χ1) is 4.20. The Hall–Kier alpha value is 0.124. The van der Waals surface area contributed by atoms with E-state index < -0.39 is 0 Å². The van der Waals surface area contributed by atoms with E-state index in [-0.39, 0.29) is 32.7 Å². The van der Waals surface area contributed by atoms with E-state index >= 15 is 0 Å². The van der Waals surface area contributed by atoms with Gasteiger partial charge in [-0.05, 0) is 25.5 Å². The quantitative estimate of drug-likeness (QED) is 0.695. The normalized spacial score (nSPS) is 8.60. The van der Waals surface area contributed by atoms with Crippen molar-refractivity contribution in [2.24, 2.45) is 0 Å². The molecule has 0 fully saturated rings. The Balaban J connectivity index is 0.000000810. The molecule has 1 aromatic rings. The van der Waals surface area contributed by atoms with E-state index in [0.717, 1.165) is 5.56 Å². The molecule has 1 aromatic carbocycles. The molecule has 0 heterocycles. The number of benzene rings is 1. The second kappa shape index (κ2) is 4.10. The molecule has 0 saturated carbocycles. The molecule has 0 saturated heterocycles. The maximum Gasteiger partial charge on any atom is 0.118 e. The van der Waals surface area contributed by atoms with Crippen LogP contribution in [0.1, 0.15) is 11.1 Å². The summed E-state index contributed by atoms with van der Waals surface area (Å²) in [5, 5.41) is 9.04. The Kier molecular flexibility index (Phi) is 4.15. The molecular weight excluding hydrogens is 201 g/mol. The van der Waals surface area contributed by atoms with Crippen LogP contribution in [-0.2, 0) is 32.7 Å². The van der Waals surface area contributed by atoms with Gasteiger partial charge in [-0.1, -0.05) is 17.7 Å². The number of rotatable bonds is 0. The van der Waals surface area contributed by atoms with E-state index in [1.54, 1.807) is 6.07 Å². The number of aromatic hydroxyl groups is 1. The minimum absolute atomic E-state index is 0. The summed E-state index contributed by atoms with van der Waals surface area (Å²) in [7, 11) is 0. The minimum atomic E-state index is 0. The molecule has 0 aliphatic carbocycles. The number of hydrogen-bond donors (Lipinski definition) is 1. The van der Waals surface area contributed by atoms with Gasteiger partial charge in [0.15, 0.2) is 0 Å². The number of aryl methyl sites for hydroxylation is 2. The Morgan fingerprint density at radius 2 is 1.80 bits per heavy atom. The topological polar surface area (TPSA) is 20.2 Å². The molecule has 0 aliphatic rings. The summed E-state index contributed by atoms with van der Waals surface area (Å²) in [5.41, 5.74) is 2.13. The standard InChI is InChI=1S/C8H10O.Y/c1-6-3-4-8(9)7(2)5-6;/h3-5,9H,1-2H3;. The van der Waals surface area contributed by atoms with Gasteiger partial charge in [0.25, 0.3) is 0 Å². The third-order valence-electron chi connectivity index (χ3n) is 1.35. The molecule has 0 aromatic heterocycles. The van der Waals surface area contributed by atoms with Crippen LogP contribution in [-0.4, -0.2) is 5.11 Å². The van der Waals surface area contributed by atoms with Gasteiger partial charge in [-0.15, -0.1) is 0 Å². The fourth-order valence-electron chi connectivity index (χ4n) is 0.805. The third kappa shape index (κ3) is 2.39.